The van der Waals surface area contributed by atoms with E-state index in [9.17, 15) is 9.59 Å². The van der Waals surface area contributed by atoms with Crippen molar-refractivity contribution >= 4 is 11.8 Å². The number of hydrogen-bond acceptors (Lipinski definition) is 7. The van der Waals surface area contributed by atoms with Crippen molar-refractivity contribution < 1.29 is 19.1 Å². The molecule has 0 bridgehead atoms. The molecule has 0 spiro atoms. The lowest BCUT2D eigenvalue weighted by Gasteiger charge is -2.46. The third kappa shape index (κ3) is 4.74. The standard InChI is InChI=1S/C25H43N5O4/c1-13(2)30-23-19(11-27-30)17(24(31)26-10-18-14(3)7-15(4)28-25(18)32)9-20(29-23)16-5-6-21-22(8-16)34-12-33-21/h13-23,27,29H,5-12H2,1-4H3,(H,26,31)(H,28,32). The van der Waals surface area contributed by atoms with Crippen LogP contribution in [0.1, 0.15) is 59.8 Å². The van der Waals surface area contributed by atoms with E-state index in [4.69, 9.17) is 9.47 Å². The van der Waals surface area contributed by atoms with Gasteiger partial charge in [0.1, 0.15) is 6.79 Å². The fraction of sp³-hybridized carbons (Fsp3) is 0.920. The fourth-order valence-electron chi connectivity index (χ4n) is 7.17. The molecule has 5 rings (SSSR count). The molecule has 9 heteroatoms. The summed E-state index contributed by atoms with van der Waals surface area (Å²) < 4.78 is 11.6. The van der Waals surface area contributed by atoms with E-state index >= 15 is 0 Å². The highest BCUT2D eigenvalue weighted by Crippen LogP contribution is 2.40. The van der Waals surface area contributed by atoms with Crippen molar-refractivity contribution in [3.63, 3.8) is 0 Å². The molecule has 2 amide bonds. The first-order chi connectivity index (χ1) is 16.3. The molecular weight excluding hydrogens is 434 g/mol. The van der Waals surface area contributed by atoms with Gasteiger partial charge in [-0.05, 0) is 64.7 Å². The Morgan fingerprint density at radius 3 is 2.71 bits per heavy atom. The van der Waals surface area contributed by atoms with Gasteiger partial charge in [-0.15, -0.1) is 0 Å². The Morgan fingerprint density at radius 2 is 1.94 bits per heavy atom. The number of hydrogen-bond donors (Lipinski definition) is 4. The van der Waals surface area contributed by atoms with Gasteiger partial charge in [0.2, 0.25) is 11.8 Å². The summed E-state index contributed by atoms with van der Waals surface area (Å²) in [5, 5.41) is 12.5. The molecule has 0 aromatic heterocycles. The van der Waals surface area contributed by atoms with Crippen LogP contribution in [-0.2, 0) is 19.1 Å². The number of carbonyl (C=O) groups is 2. The van der Waals surface area contributed by atoms with Crippen LogP contribution in [-0.4, -0.2) is 73.2 Å². The zero-order valence-corrected chi connectivity index (χ0v) is 21.1. The Morgan fingerprint density at radius 1 is 1.15 bits per heavy atom. The molecule has 4 saturated heterocycles. The summed E-state index contributed by atoms with van der Waals surface area (Å²) in [6.45, 7) is 10.2. The highest BCUT2D eigenvalue weighted by atomic mass is 16.7. The Bertz CT molecular complexity index is 766. The van der Waals surface area contributed by atoms with E-state index in [0.29, 0.717) is 25.3 Å². The van der Waals surface area contributed by atoms with Crippen LogP contribution in [0.4, 0.5) is 0 Å². The zero-order valence-electron chi connectivity index (χ0n) is 21.1. The molecule has 192 valence electrons. The second kappa shape index (κ2) is 10.0. The number of piperidine rings is 2. The summed E-state index contributed by atoms with van der Waals surface area (Å²) in [6, 6.07) is 0.804. The van der Waals surface area contributed by atoms with Gasteiger partial charge in [0.05, 0.1) is 24.3 Å². The Hall–Kier alpha value is -1.26. The van der Waals surface area contributed by atoms with Gasteiger partial charge in [0, 0.05) is 43.1 Å². The number of nitrogens with zero attached hydrogens (tertiary/aromatic N) is 1. The molecule has 1 aliphatic carbocycles. The van der Waals surface area contributed by atoms with Crippen molar-refractivity contribution in [1.82, 2.24) is 26.4 Å². The molecule has 0 radical (unpaired) electrons. The molecule has 4 N–H and O–H groups in total. The van der Waals surface area contributed by atoms with Crippen LogP contribution in [0.2, 0.25) is 0 Å². The molecule has 9 nitrogen and oxygen atoms in total. The number of rotatable bonds is 5. The normalized spacial score (nSPS) is 45.0. The maximum Gasteiger partial charge on any atom is 0.225 e. The van der Waals surface area contributed by atoms with E-state index < -0.39 is 0 Å². The second-order valence-electron chi connectivity index (χ2n) is 11.7. The summed E-state index contributed by atoms with van der Waals surface area (Å²) in [5.41, 5.74) is 3.55. The Kier molecular flexibility index (Phi) is 7.19. The van der Waals surface area contributed by atoms with Crippen LogP contribution in [0.5, 0.6) is 0 Å². The molecule has 10 atom stereocenters. The van der Waals surface area contributed by atoms with E-state index in [1.54, 1.807) is 0 Å². The van der Waals surface area contributed by atoms with Gasteiger partial charge in [0.25, 0.3) is 0 Å². The van der Waals surface area contributed by atoms with Crippen molar-refractivity contribution in [1.29, 1.82) is 0 Å². The maximum atomic E-state index is 13.6. The minimum Gasteiger partial charge on any atom is -0.355 e. The average molecular weight is 478 g/mol. The molecule has 4 heterocycles. The highest BCUT2D eigenvalue weighted by Gasteiger charge is 2.50. The number of hydrazine groups is 1. The third-order valence-electron chi connectivity index (χ3n) is 9.06. The van der Waals surface area contributed by atoms with Gasteiger partial charge >= 0.3 is 0 Å². The lowest BCUT2D eigenvalue weighted by molar-refractivity contribution is -0.132. The van der Waals surface area contributed by atoms with Crippen LogP contribution in [0, 0.1) is 29.6 Å². The number of amides is 2. The summed E-state index contributed by atoms with van der Waals surface area (Å²) in [7, 11) is 0. The van der Waals surface area contributed by atoms with E-state index in [-0.39, 0.29) is 65.9 Å². The fourth-order valence-corrected chi connectivity index (χ4v) is 7.17. The quantitative estimate of drug-likeness (QED) is 0.468. The molecule has 10 unspecified atom stereocenters. The van der Waals surface area contributed by atoms with Crippen LogP contribution in [0.3, 0.4) is 0 Å². The topological polar surface area (TPSA) is 104 Å². The van der Waals surface area contributed by atoms with E-state index in [2.05, 4.69) is 47.2 Å². The lowest BCUT2D eigenvalue weighted by Crippen LogP contribution is -2.62. The maximum absolute atomic E-state index is 13.6. The molecule has 4 aliphatic heterocycles. The SMILES string of the molecule is CC1CC(C)C(CNC(=O)C2CC(C3CCC4OCOC4C3)NC3C2CNN3C(C)C)C(=O)N1. The second-order valence-corrected chi connectivity index (χ2v) is 11.7. The zero-order chi connectivity index (χ0) is 24.0. The van der Waals surface area contributed by atoms with Gasteiger partial charge in [-0.3, -0.25) is 20.3 Å². The lowest BCUT2D eigenvalue weighted by atomic mass is 9.72. The summed E-state index contributed by atoms with van der Waals surface area (Å²) >= 11 is 0. The average Bonchev–Trinajstić information content (AvgIpc) is 3.43. The number of ether oxygens (including phenoxy) is 2. The van der Waals surface area contributed by atoms with E-state index in [1.165, 1.54) is 0 Å². The minimum atomic E-state index is -0.155. The van der Waals surface area contributed by atoms with Crippen LogP contribution in [0.15, 0.2) is 0 Å². The van der Waals surface area contributed by atoms with Gasteiger partial charge in [-0.2, -0.15) is 0 Å². The summed E-state index contributed by atoms with van der Waals surface area (Å²) in [6.07, 6.45) is 5.44. The van der Waals surface area contributed by atoms with E-state index in [1.807, 2.05) is 6.92 Å². The van der Waals surface area contributed by atoms with E-state index in [0.717, 1.165) is 38.6 Å². The van der Waals surface area contributed by atoms with Gasteiger partial charge in [-0.25, -0.2) is 5.01 Å². The smallest absolute Gasteiger partial charge is 0.225 e. The van der Waals surface area contributed by atoms with Crippen molar-refractivity contribution in [2.75, 3.05) is 19.9 Å². The number of nitrogens with one attached hydrogen (secondary N) is 4. The minimum absolute atomic E-state index is 0.0664. The first-order valence-electron chi connectivity index (χ1n) is 13.4. The highest BCUT2D eigenvalue weighted by molar-refractivity contribution is 5.83. The van der Waals surface area contributed by atoms with Gasteiger partial charge < -0.3 is 20.1 Å². The van der Waals surface area contributed by atoms with Crippen LogP contribution in [0.25, 0.3) is 0 Å². The van der Waals surface area contributed by atoms with Crippen molar-refractivity contribution in [3.05, 3.63) is 0 Å². The Balaban J connectivity index is 1.27. The van der Waals surface area contributed by atoms with Crippen LogP contribution < -0.4 is 21.4 Å². The number of fused-ring (bicyclic) bond motifs is 2. The van der Waals surface area contributed by atoms with Gasteiger partial charge in [0.15, 0.2) is 0 Å². The predicted molar refractivity (Wildman–Crippen MR) is 127 cm³/mol. The molecule has 0 aromatic carbocycles. The molecular formula is C25H43N5O4. The monoisotopic (exact) mass is 477 g/mol. The predicted octanol–water partition coefficient (Wildman–Crippen LogP) is 0.954. The summed E-state index contributed by atoms with van der Waals surface area (Å²) in [4.78, 5) is 26.1. The van der Waals surface area contributed by atoms with Crippen molar-refractivity contribution in [2.24, 2.45) is 29.6 Å². The molecule has 34 heavy (non-hydrogen) atoms. The molecule has 5 fully saturated rings. The molecule has 5 aliphatic rings. The largest absolute Gasteiger partial charge is 0.355 e. The number of carbonyl (C=O) groups excluding carboxylic acids is 2. The van der Waals surface area contributed by atoms with Crippen molar-refractivity contribution in [3.8, 4) is 0 Å². The Labute approximate surface area is 203 Å². The first-order valence-corrected chi connectivity index (χ1v) is 13.4. The molecule has 0 aromatic rings. The summed E-state index contributed by atoms with van der Waals surface area (Å²) in [5.74, 6) is 0.881. The third-order valence-corrected chi connectivity index (χ3v) is 9.06. The van der Waals surface area contributed by atoms with Gasteiger partial charge in [-0.1, -0.05) is 6.92 Å². The van der Waals surface area contributed by atoms with Crippen LogP contribution >= 0.6 is 0 Å². The molecule has 1 saturated carbocycles. The first kappa shape index (κ1) is 24.4. The van der Waals surface area contributed by atoms with Crippen molar-refractivity contribution in [2.45, 2.75) is 96.3 Å².